The van der Waals surface area contributed by atoms with Crippen LogP contribution in [0.2, 0.25) is 0 Å². The van der Waals surface area contributed by atoms with E-state index in [1.165, 1.54) is 24.3 Å². The normalized spacial score (nSPS) is 12.3. The van der Waals surface area contributed by atoms with Crippen LogP contribution in [-0.4, -0.2) is 35.3 Å². The van der Waals surface area contributed by atoms with E-state index in [0.29, 0.717) is 11.1 Å². The first kappa shape index (κ1) is 21.9. The topological polar surface area (TPSA) is 96.6 Å². The number of aliphatic hydroxyl groups excluding tert-OH is 1. The molecule has 0 saturated heterocycles. The summed E-state index contributed by atoms with van der Waals surface area (Å²) in [5, 5.41) is 15.8. The first-order valence-corrected chi connectivity index (χ1v) is 8.99. The van der Waals surface area contributed by atoms with Gasteiger partial charge in [-0.2, -0.15) is 0 Å². The number of alkyl halides is 1. The lowest BCUT2D eigenvalue weighted by Crippen LogP contribution is -2.26. The maximum atomic E-state index is 15.1. The van der Waals surface area contributed by atoms with Crippen LogP contribution in [0.25, 0.3) is 11.0 Å². The molecule has 10 heteroatoms. The second-order valence-electron chi connectivity index (χ2n) is 5.41. The number of aliphatic hydroxyl groups is 1. The molecular weight excluding hydrogens is 412 g/mol. The Kier molecular flexibility index (Phi) is 8.01. The Balaban J connectivity index is 2.58. The van der Waals surface area contributed by atoms with Crippen LogP contribution in [0.3, 0.4) is 0 Å². The van der Waals surface area contributed by atoms with Crippen LogP contribution < -0.4 is 10.8 Å². The molecule has 0 radical (unpaired) electrons. The fraction of sp³-hybridized carbons (Fsp3) is 0.222. The van der Waals surface area contributed by atoms with Gasteiger partial charge in [-0.05, 0) is 25.1 Å². The van der Waals surface area contributed by atoms with E-state index in [2.05, 4.69) is 22.5 Å². The number of rotatable bonds is 9. The standard InChI is InChI=1S/C18H18Cl2FN3O4/c1-3-4-14(13(20)5-6-19)22-16-12(18(26)24-27-8-7-25)9-11-10(2)23-28-17(11)15(16)21/h3-5,9,22,25H,1,6-8H2,2H3,(H,24,26)/b13-5+,14-4+. The molecule has 0 saturated carbocycles. The van der Waals surface area contributed by atoms with E-state index >= 15 is 4.39 Å². The van der Waals surface area contributed by atoms with Gasteiger partial charge in [-0.1, -0.05) is 29.4 Å². The van der Waals surface area contributed by atoms with Gasteiger partial charge in [-0.15, -0.1) is 11.6 Å². The van der Waals surface area contributed by atoms with Gasteiger partial charge in [0, 0.05) is 11.3 Å². The second-order valence-corrected chi connectivity index (χ2v) is 6.12. The van der Waals surface area contributed by atoms with Crippen LogP contribution in [0, 0.1) is 12.7 Å². The largest absolute Gasteiger partial charge is 0.394 e. The van der Waals surface area contributed by atoms with Crippen LogP contribution >= 0.6 is 23.2 Å². The minimum absolute atomic E-state index is 0.0838. The fourth-order valence-electron chi connectivity index (χ4n) is 2.28. The van der Waals surface area contributed by atoms with E-state index in [1.54, 1.807) is 6.92 Å². The number of carbonyl (C=O) groups is 1. The van der Waals surface area contributed by atoms with Gasteiger partial charge in [0.2, 0.25) is 5.58 Å². The van der Waals surface area contributed by atoms with E-state index in [4.69, 9.17) is 37.7 Å². The maximum Gasteiger partial charge on any atom is 0.277 e. The van der Waals surface area contributed by atoms with Gasteiger partial charge in [0.05, 0.1) is 40.9 Å². The number of benzene rings is 1. The third kappa shape index (κ3) is 4.90. The number of nitrogens with one attached hydrogen (secondary N) is 2. The lowest BCUT2D eigenvalue weighted by Gasteiger charge is -2.15. The number of nitrogens with zero attached hydrogens (tertiary/aromatic N) is 1. The molecule has 3 N–H and O–H groups in total. The van der Waals surface area contributed by atoms with Crippen LogP contribution in [0.4, 0.5) is 10.1 Å². The summed E-state index contributed by atoms with van der Waals surface area (Å²) in [4.78, 5) is 17.4. The Morgan fingerprint density at radius 1 is 1.54 bits per heavy atom. The first-order chi connectivity index (χ1) is 13.4. The van der Waals surface area contributed by atoms with Crippen LogP contribution in [0.15, 0.2) is 46.1 Å². The number of hydroxylamine groups is 1. The first-order valence-electron chi connectivity index (χ1n) is 8.07. The van der Waals surface area contributed by atoms with Gasteiger partial charge in [0.1, 0.15) is 0 Å². The van der Waals surface area contributed by atoms with Crippen molar-refractivity contribution in [2.75, 3.05) is 24.4 Å². The van der Waals surface area contributed by atoms with Gasteiger partial charge < -0.3 is 14.9 Å². The summed E-state index contributed by atoms with van der Waals surface area (Å²) in [5.74, 6) is -1.45. The van der Waals surface area contributed by atoms with Crippen molar-refractivity contribution in [3.63, 3.8) is 0 Å². The zero-order valence-electron chi connectivity index (χ0n) is 14.9. The highest BCUT2D eigenvalue weighted by Gasteiger charge is 2.24. The quantitative estimate of drug-likeness (QED) is 0.243. The molecular formula is C18H18Cl2FN3O4. The van der Waals surface area contributed by atoms with Gasteiger partial charge in [-0.3, -0.25) is 9.63 Å². The third-order valence-electron chi connectivity index (χ3n) is 3.55. The molecule has 2 rings (SSSR count). The number of aryl methyl sites for hydroxylation is 1. The molecule has 2 aromatic rings. The number of fused-ring (bicyclic) bond motifs is 1. The molecule has 28 heavy (non-hydrogen) atoms. The molecule has 150 valence electrons. The molecule has 7 nitrogen and oxygen atoms in total. The number of allylic oxidation sites excluding steroid dienone is 4. The highest BCUT2D eigenvalue weighted by Crippen LogP contribution is 2.33. The summed E-state index contributed by atoms with van der Waals surface area (Å²) in [5.41, 5.74) is 2.40. The lowest BCUT2D eigenvalue weighted by atomic mass is 10.1. The second kappa shape index (κ2) is 10.2. The molecule has 0 aliphatic carbocycles. The van der Waals surface area contributed by atoms with Crippen molar-refractivity contribution >= 4 is 45.8 Å². The molecule has 0 atom stereocenters. The Labute approximate surface area is 170 Å². The third-order valence-corrected chi connectivity index (χ3v) is 4.06. The van der Waals surface area contributed by atoms with Crippen LogP contribution in [0.1, 0.15) is 16.1 Å². The molecule has 1 heterocycles. The summed E-state index contributed by atoms with van der Waals surface area (Å²) in [6.07, 6.45) is 4.42. The molecule has 0 aliphatic rings. The molecule has 1 aromatic carbocycles. The van der Waals surface area contributed by atoms with E-state index in [-0.39, 0.29) is 46.7 Å². The zero-order chi connectivity index (χ0) is 20.7. The summed E-state index contributed by atoms with van der Waals surface area (Å²) in [6.45, 7) is 4.78. The van der Waals surface area contributed by atoms with Crippen molar-refractivity contribution in [2.24, 2.45) is 0 Å². The van der Waals surface area contributed by atoms with Crippen molar-refractivity contribution in [3.05, 3.63) is 58.7 Å². The SMILES string of the molecule is C=C/C=C(Nc1c(C(=O)NOCCO)cc2c(C)noc2c1F)\C(Cl)=C/CCl. The van der Waals surface area contributed by atoms with E-state index in [0.717, 1.165) is 0 Å². The van der Waals surface area contributed by atoms with E-state index < -0.39 is 11.7 Å². The van der Waals surface area contributed by atoms with Crippen molar-refractivity contribution < 1.29 is 23.7 Å². The van der Waals surface area contributed by atoms with Crippen molar-refractivity contribution in [2.45, 2.75) is 6.92 Å². The minimum atomic E-state index is -0.837. The Morgan fingerprint density at radius 2 is 2.29 bits per heavy atom. The number of anilines is 1. The molecule has 0 bridgehead atoms. The van der Waals surface area contributed by atoms with Gasteiger partial charge in [0.25, 0.3) is 5.91 Å². The van der Waals surface area contributed by atoms with E-state index in [1.807, 2.05) is 0 Å². The van der Waals surface area contributed by atoms with Crippen molar-refractivity contribution in [3.8, 4) is 0 Å². The number of hydrogen-bond acceptors (Lipinski definition) is 6. The van der Waals surface area contributed by atoms with Gasteiger partial charge >= 0.3 is 0 Å². The number of hydrogen-bond donors (Lipinski definition) is 3. The summed E-state index contributed by atoms with van der Waals surface area (Å²) in [6, 6.07) is 1.41. The number of aromatic nitrogens is 1. The monoisotopic (exact) mass is 429 g/mol. The average molecular weight is 430 g/mol. The molecule has 1 amide bonds. The van der Waals surface area contributed by atoms with E-state index in [9.17, 15) is 4.79 Å². The van der Waals surface area contributed by atoms with Gasteiger partial charge in [-0.25, -0.2) is 9.87 Å². The van der Waals surface area contributed by atoms with Crippen LogP contribution in [-0.2, 0) is 4.84 Å². The lowest BCUT2D eigenvalue weighted by molar-refractivity contribution is 0.0169. The maximum absolute atomic E-state index is 15.1. The Morgan fingerprint density at radius 3 is 2.93 bits per heavy atom. The number of carbonyl (C=O) groups excluding carboxylic acids is 1. The highest BCUT2D eigenvalue weighted by molar-refractivity contribution is 6.33. The highest BCUT2D eigenvalue weighted by atomic mass is 35.5. The van der Waals surface area contributed by atoms with Gasteiger partial charge in [0.15, 0.2) is 5.82 Å². The molecule has 0 fully saturated rings. The predicted octanol–water partition coefficient (Wildman–Crippen LogP) is 3.77. The smallest absolute Gasteiger partial charge is 0.277 e. The average Bonchev–Trinajstić information content (AvgIpc) is 3.04. The Bertz CT molecular complexity index is 941. The summed E-state index contributed by atoms with van der Waals surface area (Å²) >= 11 is 11.8. The van der Waals surface area contributed by atoms with Crippen LogP contribution in [0.5, 0.6) is 0 Å². The fourth-order valence-corrected chi connectivity index (χ4v) is 2.70. The Hall–Kier alpha value is -2.39. The van der Waals surface area contributed by atoms with Crippen molar-refractivity contribution in [1.29, 1.82) is 0 Å². The summed E-state index contributed by atoms with van der Waals surface area (Å²) < 4.78 is 20.2. The number of amides is 1. The number of halogens is 3. The zero-order valence-corrected chi connectivity index (χ0v) is 16.4. The molecule has 0 aliphatic heterocycles. The predicted molar refractivity (Wildman–Crippen MR) is 106 cm³/mol. The molecule has 0 spiro atoms. The molecule has 0 unspecified atom stereocenters. The summed E-state index contributed by atoms with van der Waals surface area (Å²) in [7, 11) is 0. The minimum Gasteiger partial charge on any atom is -0.394 e. The van der Waals surface area contributed by atoms with Crippen molar-refractivity contribution in [1.82, 2.24) is 10.6 Å². The molecule has 1 aromatic heterocycles.